The molecule has 0 radical (unpaired) electrons. The normalized spacial score (nSPS) is 12.4. The number of carbonyl (C=O) groups is 2. The largest absolute Gasteiger partial charge is 0.354 e. The summed E-state index contributed by atoms with van der Waals surface area (Å²) in [6.45, 7) is 2.36. The summed E-state index contributed by atoms with van der Waals surface area (Å²) in [6, 6.07) is 15.5. The van der Waals surface area contributed by atoms with Crippen LogP contribution in [0.15, 0.2) is 54.6 Å². The number of halogens is 2. The molecule has 2 aromatic carbocycles. The van der Waals surface area contributed by atoms with Gasteiger partial charge in [-0.2, -0.15) is 0 Å². The van der Waals surface area contributed by atoms with Crippen LogP contribution in [0.4, 0.5) is 0 Å². The Bertz CT molecular complexity index is 722. The maximum absolute atomic E-state index is 12.6. The molecule has 0 aliphatic carbocycles. The van der Waals surface area contributed by atoms with E-state index in [2.05, 4.69) is 10.6 Å². The number of carbonyl (C=O) groups excluding carboxylic acids is 2. The Morgan fingerprint density at radius 1 is 1.07 bits per heavy atom. The molecule has 0 heterocycles. The molecule has 0 saturated heterocycles. The summed E-state index contributed by atoms with van der Waals surface area (Å²) in [6.07, 6.45) is 1.08. The molecule has 0 spiro atoms. The molecule has 146 valence electrons. The first-order valence-corrected chi connectivity index (χ1v) is 8.97. The van der Waals surface area contributed by atoms with Gasteiger partial charge in [0.1, 0.15) is 6.04 Å². The van der Waals surface area contributed by atoms with Crippen LogP contribution in [-0.2, 0) is 11.2 Å². The summed E-state index contributed by atoms with van der Waals surface area (Å²) in [5, 5.41) is 6.21. The Hall–Kier alpha value is -2.08. The minimum atomic E-state index is -0.673. The van der Waals surface area contributed by atoms with Crippen molar-refractivity contribution in [3.63, 3.8) is 0 Å². The van der Waals surface area contributed by atoms with Gasteiger partial charge in [-0.1, -0.05) is 41.9 Å². The predicted octanol–water partition coefficient (Wildman–Crippen LogP) is 2.96. The van der Waals surface area contributed by atoms with E-state index in [-0.39, 0.29) is 30.3 Å². The van der Waals surface area contributed by atoms with Gasteiger partial charge in [-0.05, 0) is 43.2 Å². The summed E-state index contributed by atoms with van der Waals surface area (Å²) in [7, 11) is 0. The fourth-order valence-electron chi connectivity index (χ4n) is 2.45. The lowest BCUT2D eigenvalue weighted by Crippen LogP contribution is -2.48. The minimum Gasteiger partial charge on any atom is -0.354 e. The lowest BCUT2D eigenvalue weighted by atomic mass is 10.0. The van der Waals surface area contributed by atoms with Crippen LogP contribution in [0.25, 0.3) is 0 Å². The third kappa shape index (κ3) is 7.99. The Morgan fingerprint density at radius 2 is 1.70 bits per heavy atom. The smallest absolute Gasteiger partial charge is 0.251 e. The zero-order valence-electron chi connectivity index (χ0n) is 15.2. The van der Waals surface area contributed by atoms with Crippen molar-refractivity contribution in [2.45, 2.75) is 31.8 Å². The first kappa shape index (κ1) is 23.0. The number of nitrogens with two attached hydrogens (primary N) is 1. The van der Waals surface area contributed by atoms with Gasteiger partial charge in [0.05, 0.1) is 0 Å². The Kier molecular flexibility index (Phi) is 9.86. The van der Waals surface area contributed by atoms with Gasteiger partial charge in [0, 0.05) is 29.6 Å². The SMILES string of the molecule is CC(N)CCNC(=O)C(Cc1ccccc1)NC(=O)c1ccc(Cl)cc1.Cl. The molecule has 7 heteroatoms. The molecule has 0 aromatic heterocycles. The molecule has 0 fully saturated rings. The van der Waals surface area contributed by atoms with E-state index in [9.17, 15) is 9.59 Å². The summed E-state index contributed by atoms with van der Waals surface area (Å²) < 4.78 is 0. The van der Waals surface area contributed by atoms with Gasteiger partial charge < -0.3 is 16.4 Å². The first-order valence-electron chi connectivity index (χ1n) is 8.59. The highest BCUT2D eigenvalue weighted by molar-refractivity contribution is 6.30. The molecule has 2 aromatic rings. The van der Waals surface area contributed by atoms with E-state index in [0.29, 0.717) is 30.0 Å². The molecule has 2 rings (SSSR count). The van der Waals surface area contributed by atoms with E-state index < -0.39 is 6.04 Å². The van der Waals surface area contributed by atoms with E-state index in [1.807, 2.05) is 37.3 Å². The van der Waals surface area contributed by atoms with Gasteiger partial charge in [0.15, 0.2) is 0 Å². The zero-order valence-corrected chi connectivity index (χ0v) is 16.7. The van der Waals surface area contributed by atoms with Crippen LogP contribution in [-0.4, -0.2) is 30.4 Å². The van der Waals surface area contributed by atoms with Crippen LogP contribution in [0.5, 0.6) is 0 Å². The lowest BCUT2D eigenvalue weighted by molar-refractivity contribution is -0.122. The van der Waals surface area contributed by atoms with E-state index in [1.165, 1.54) is 0 Å². The number of rotatable bonds is 8. The third-order valence-corrected chi connectivity index (χ3v) is 4.16. The highest BCUT2D eigenvalue weighted by Gasteiger charge is 2.21. The maximum Gasteiger partial charge on any atom is 0.251 e. The molecule has 2 amide bonds. The van der Waals surface area contributed by atoms with E-state index in [0.717, 1.165) is 5.56 Å². The average molecular weight is 410 g/mol. The predicted molar refractivity (Wildman–Crippen MR) is 111 cm³/mol. The third-order valence-electron chi connectivity index (χ3n) is 3.91. The fraction of sp³-hybridized carbons (Fsp3) is 0.300. The van der Waals surface area contributed by atoms with Gasteiger partial charge >= 0.3 is 0 Å². The van der Waals surface area contributed by atoms with Crippen molar-refractivity contribution >= 4 is 35.8 Å². The van der Waals surface area contributed by atoms with Gasteiger partial charge in [-0.25, -0.2) is 0 Å². The molecule has 4 N–H and O–H groups in total. The van der Waals surface area contributed by atoms with Gasteiger partial charge in [0.25, 0.3) is 5.91 Å². The molecule has 0 aliphatic heterocycles. The summed E-state index contributed by atoms with van der Waals surface area (Å²) in [4.78, 5) is 25.1. The lowest BCUT2D eigenvalue weighted by Gasteiger charge is -2.19. The number of amides is 2. The molecule has 0 aliphatic rings. The minimum absolute atomic E-state index is 0. The second-order valence-corrected chi connectivity index (χ2v) is 6.72. The Labute approximate surface area is 171 Å². The number of hydrogen-bond acceptors (Lipinski definition) is 3. The first-order chi connectivity index (χ1) is 12.5. The van der Waals surface area contributed by atoms with E-state index in [1.54, 1.807) is 24.3 Å². The monoisotopic (exact) mass is 409 g/mol. The van der Waals surface area contributed by atoms with Crippen molar-refractivity contribution in [2.75, 3.05) is 6.54 Å². The van der Waals surface area contributed by atoms with Gasteiger partial charge in [-0.15, -0.1) is 12.4 Å². The molecular formula is C20H25Cl2N3O2. The van der Waals surface area contributed by atoms with Gasteiger partial charge in [-0.3, -0.25) is 9.59 Å². The quantitative estimate of drug-likeness (QED) is 0.626. The van der Waals surface area contributed by atoms with Crippen molar-refractivity contribution in [2.24, 2.45) is 5.73 Å². The summed E-state index contributed by atoms with van der Waals surface area (Å²) in [5.41, 5.74) is 7.14. The molecular weight excluding hydrogens is 385 g/mol. The van der Waals surface area contributed by atoms with Crippen molar-refractivity contribution in [1.82, 2.24) is 10.6 Å². The molecule has 27 heavy (non-hydrogen) atoms. The topological polar surface area (TPSA) is 84.2 Å². The standard InChI is InChI=1S/C20H24ClN3O2.ClH/c1-14(22)11-12-23-20(26)18(13-15-5-3-2-4-6-15)24-19(25)16-7-9-17(21)10-8-16;/h2-10,14,18H,11-13,22H2,1H3,(H,23,26)(H,24,25);1H. The van der Waals surface area contributed by atoms with Crippen molar-refractivity contribution < 1.29 is 9.59 Å². The van der Waals surface area contributed by atoms with Crippen molar-refractivity contribution in [3.8, 4) is 0 Å². The van der Waals surface area contributed by atoms with Gasteiger partial charge in [0.2, 0.25) is 5.91 Å². The van der Waals surface area contributed by atoms with Crippen LogP contribution >= 0.6 is 24.0 Å². The van der Waals surface area contributed by atoms with Crippen LogP contribution < -0.4 is 16.4 Å². The highest BCUT2D eigenvalue weighted by atomic mass is 35.5. The van der Waals surface area contributed by atoms with Crippen LogP contribution in [0.2, 0.25) is 5.02 Å². The number of hydrogen-bond donors (Lipinski definition) is 3. The van der Waals surface area contributed by atoms with Crippen molar-refractivity contribution in [1.29, 1.82) is 0 Å². The molecule has 2 unspecified atom stereocenters. The number of nitrogens with one attached hydrogen (secondary N) is 2. The molecule has 5 nitrogen and oxygen atoms in total. The average Bonchev–Trinajstić information content (AvgIpc) is 2.62. The van der Waals surface area contributed by atoms with Crippen molar-refractivity contribution in [3.05, 3.63) is 70.7 Å². The highest BCUT2D eigenvalue weighted by Crippen LogP contribution is 2.10. The maximum atomic E-state index is 12.6. The molecule has 0 bridgehead atoms. The molecule has 2 atom stereocenters. The zero-order chi connectivity index (χ0) is 18.9. The second-order valence-electron chi connectivity index (χ2n) is 6.28. The second kappa shape index (κ2) is 11.6. The van der Waals surface area contributed by atoms with E-state index in [4.69, 9.17) is 17.3 Å². The Morgan fingerprint density at radius 3 is 2.30 bits per heavy atom. The molecule has 0 saturated carbocycles. The summed E-state index contributed by atoms with van der Waals surface area (Å²) >= 11 is 5.86. The van der Waals surface area contributed by atoms with Crippen LogP contribution in [0, 0.1) is 0 Å². The summed E-state index contributed by atoms with van der Waals surface area (Å²) in [5.74, 6) is -0.540. The van der Waals surface area contributed by atoms with Crippen LogP contribution in [0.3, 0.4) is 0 Å². The fourth-order valence-corrected chi connectivity index (χ4v) is 2.57. The Balaban J connectivity index is 0.00000364. The number of benzene rings is 2. The van der Waals surface area contributed by atoms with Crippen LogP contribution in [0.1, 0.15) is 29.3 Å². The van der Waals surface area contributed by atoms with E-state index >= 15 is 0 Å².